The van der Waals surface area contributed by atoms with Gasteiger partial charge in [0, 0.05) is 6.20 Å². The third-order valence-electron chi connectivity index (χ3n) is 1.33. The highest BCUT2D eigenvalue weighted by atomic mass is 35.5. The van der Waals surface area contributed by atoms with E-state index in [1.807, 2.05) is 5.92 Å². The van der Waals surface area contributed by atoms with Crippen molar-refractivity contribution in [3.05, 3.63) is 28.5 Å². The number of terminal acetylenes is 1. The molecule has 13 heavy (non-hydrogen) atoms. The standard InChI is InChI=1S/C8H3ClF3N/c1-2-5-4-13-7(9)3-6(5)8(10,11)12/h1,3-4H. The molecule has 1 aromatic rings. The number of hydrogen-bond acceptors (Lipinski definition) is 1. The first-order valence-electron chi connectivity index (χ1n) is 3.14. The predicted molar refractivity (Wildman–Crippen MR) is 42.2 cm³/mol. The van der Waals surface area contributed by atoms with E-state index in [0.717, 1.165) is 6.20 Å². The molecule has 0 aliphatic carbocycles. The first-order valence-corrected chi connectivity index (χ1v) is 3.52. The van der Waals surface area contributed by atoms with Gasteiger partial charge in [0.1, 0.15) is 5.15 Å². The summed E-state index contributed by atoms with van der Waals surface area (Å²) >= 11 is 5.30. The zero-order valence-electron chi connectivity index (χ0n) is 6.19. The van der Waals surface area contributed by atoms with Gasteiger partial charge in [-0.1, -0.05) is 17.5 Å². The normalized spacial score (nSPS) is 11.0. The van der Waals surface area contributed by atoms with Crippen LogP contribution < -0.4 is 0 Å². The Bertz CT molecular complexity index is 365. The fourth-order valence-electron chi connectivity index (χ4n) is 0.779. The Morgan fingerprint density at radius 1 is 1.46 bits per heavy atom. The number of halogens is 4. The first-order chi connectivity index (χ1) is 5.95. The summed E-state index contributed by atoms with van der Waals surface area (Å²) in [5.74, 6) is 1.89. The predicted octanol–water partition coefficient (Wildman–Crippen LogP) is 2.74. The zero-order valence-corrected chi connectivity index (χ0v) is 6.95. The van der Waals surface area contributed by atoms with E-state index in [0.29, 0.717) is 6.07 Å². The molecule has 1 heterocycles. The molecule has 0 spiro atoms. The molecule has 1 rings (SSSR count). The van der Waals surface area contributed by atoms with Gasteiger partial charge in [-0.2, -0.15) is 13.2 Å². The van der Waals surface area contributed by atoms with E-state index in [4.69, 9.17) is 18.0 Å². The largest absolute Gasteiger partial charge is 0.417 e. The molecule has 0 bridgehead atoms. The van der Waals surface area contributed by atoms with Gasteiger partial charge in [-0.15, -0.1) is 6.42 Å². The van der Waals surface area contributed by atoms with Crippen LogP contribution in [0.3, 0.4) is 0 Å². The Labute approximate surface area is 77.5 Å². The number of aromatic nitrogens is 1. The van der Waals surface area contributed by atoms with E-state index in [9.17, 15) is 13.2 Å². The third kappa shape index (κ3) is 2.13. The molecule has 0 fully saturated rings. The average molecular weight is 206 g/mol. The first kappa shape index (κ1) is 9.87. The second kappa shape index (κ2) is 3.27. The lowest BCUT2D eigenvalue weighted by Gasteiger charge is -2.08. The molecule has 0 radical (unpaired) electrons. The summed E-state index contributed by atoms with van der Waals surface area (Å²) in [6.07, 6.45) is 1.29. The van der Waals surface area contributed by atoms with Crippen molar-refractivity contribution in [2.75, 3.05) is 0 Å². The molecule has 0 aliphatic rings. The van der Waals surface area contributed by atoms with Crippen LogP contribution in [0.25, 0.3) is 0 Å². The third-order valence-corrected chi connectivity index (χ3v) is 1.54. The Hall–Kier alpha value is -1.21. The number of pyridine rings is 1. The van der Waals surface area contributed by atoms with E-state index in [1.54, 1.807) is 0 Å². The van der Waals surface area contributed by atoms with E-state index < -0.39 is 11.7 Å². The molecule has 0 unspecified atom stereocenters. The number of alkyl halides is 3. The van der Waals surface area contributed by atoms with Gasteiger partial charge in [-0.3, -0.25) is 0 Å². The molecule has 0 aliphatic heterocycles. The van der Waals surface area contributed by atoms with E-state index in [-0.39, 0.29) is 10.7 Å². The average Bonchev–Trinajstić information content (AvgIpc) is 2.03. The molecule has 0 saturated heterocycles. The summed E-state index contributed by atoms with van der Waals surface area (Å²) in [5, 5.41) is -0.230. The maximum atomic E-state index is 12.2. The van der Waals surface area contributed by atoms with Crippen LogP contribution >= 0.6 is 11.6 Å². The highest BCUT2D eigenvalue weighted by Crippen LogP contribution is 2.32. The summed E-state index contributed by atoms with van der Waals surface area (Å²) in [6.45, 7) is 0. The van der Waals surface area contributed by atoms with E-state index in [2.05, 4.69) is 4.98 Å². The van der Waals surface area contributed by atoms with Crippen molar-refractivity contribution in [3.63, 3.8) is 0 Å². The Morgan fingerprint density at radius 3 is 2.54 bits per heavy atom. The van der Waals surface area contributed by atoms with Crippen LogP contribution in [0.4, 0.5) is 13.2 Å². The minimum atomic E-state index is -4.49. The van der Waals surface area contributed by atoms with Crippen molar-refractivity contribution in [2.45, 2.75) is 6.18 Å². The van der Waals surface area contributed by atoms with Crippen molar-refractivity contribution >= 4 is 11.6 Å². The van der Waals surface area contributed by atoms with Crippen LogP contribution in [0.5, 0.6) is 0 Å². The molecular formula is C8H3ClF3N. The molecule has 5 heteroatoms. The van der Waals surface area contributed by atoms with Gasteiger partial charge in [-0.25, -0.2) is 4.98 Å². The molecule has 0 aromatic carbocycles. The zero-order chi connectivity index (χ0) is 10.1. The second-order valence-corrected chi connectivity index (χ2v) is 2.58. The molecule has 1 nitrogen and oxygen atoms in total. The summed E-state index contributed by atoms with van der Waals surface area (Å²) in [7, 11) is 0. The van der Waals surface area contributed by atoms with Gasteiger partial charge in [0.05, 0.1) is 11.1 Å². The lowest BCUT2D eigenvalue weighted by atomic mass is 10.1. The van der Waals surface area contributed by atoms with E-state index >= 15 is 0 Å². The van der Waals surface area contributed by atoms with Crippen molar-refractivity contribution < 1.29 is 13.2 Å². The molecule has 0 saturated carbocycles. The smallest absolute Gasteiger partial charge is 0.243 e. The highest BCUT2D eigenvalue weighted by Gasteiger charge is 2.33. The SMILES string of the molecule is C#Cc1cnc(Cl)cc1C(F)(F)F. The quantitative estimate of drug-likeness (QED) is 0.469. The second-order valence-electron chi connectivity index (χ2n) is 2.19. The molecule has 0 atom stereocenters. The van der Waals surface area contributed by atoms with Gasteiger partial charge in [0.15, 0.2) is 0 Å². The molecule has 68 valence electrons. The summed E-state index contributed by atoms with van der Waals surface area (Å²) in [5.41, 5.74) is -1.24. The van der Waals surface area contributed by atoms with E-state index in [1.165, 1.54) is 0 Å². The number of hydrogen-bond donors (Lipinski definition) is 0. The van der Waals surface area contributed by atoms with Crippen molar-refractivity contribution in [1.29, 1.82) is 0 Å². The molecule has 0 amide bonds. The fraction of sp³-hybridized carbons (Fsp3) is 0.125. The number of nitrogens with zero attached hydrogens (tertiary/aromatic N) is 1. The molecular weight excluding hydrogens is 203 g/mol. The van der Waals surface area contributed by atoms with Crippen LogP contribution in [-0.2, 0) is 6.18 Å². The monoisotopic (exact) mass is 205 g/mol. The Balaban J connectivity index is 3.35. The molecule has 0 N–H and O–H groups in total. The molecule has 1 aromatic heterocycles. The van der Waals surface area contributed by atoms with Gasteiger partial charge >= 0.3 is 6.18 Å². The minimum Gasteiger partial charge on any atom is -0.243 e. The minimum absolute atomic E-state index is 0.230. The summed E-state index contributed by atoms with van der Waals surface area (Å²) in [4.78, 5) is 3.45. The Kier molecular flexibility index (Phi) is 2.48. The maximum absolute atomic E-state index is 12.2. The van der Waals surface area contributed by atoms with Crippen LogP contribution in [0.1, 0.15) is 11.1 Å². The topological polar surface area (TPSA) is 12.9 Å². The van der Waals surface area contributed by atoms with Crippen molar-refractivity contribution in [1.82, 2.24) is 4.98 Å². The number of rotatable bonds is 0. The summed E-state index contributed by atoms with van der Waals surface area (Å²) < 4.78 is 36.7. The fourth-order valence-corrected chi connectivity index (χ4v) is 0.937. The van der Waals surface area contributed by atoms with Gasteiger partial charge in [-0.05, 0) is 6.07 Å². The van der Waals surface area contributed by atoms with Crippen LogP contribution in [-0.4, -0.2) is 4.98 Å². The van der Waals surface area contributed by atoms with Gasteiger partial charge in [0.2, 0.25) is 0 Å². The van der Waals surface area contributed by atoms with Crippen LogP contribution in [0.2, 0.25) is 5.15 Å². The highest BCUT2D eigenvalue weighted by molar-refractivity contribution is 6.29. The van der Waals surface area contributed by atoms with Crippen LogP contribution in [0, 0.1) is 12.3 Å². The lowest BCUT2D eigenvalue weighted by Crippen LogP contribution is -2.08. The maximum Gasteiger partial charge on any atom is 0.417 e. The van der Waals surface area contributed by atoms with Crippen molar-refractivity contribution in [2.24, 2.45) is 0 Å². The van der Waals surface area contributed by atoms with Gasteiger partial charge in [0.25, 0.3) is 0 Å². The lowest BCUT2D eigenvalue weighted by molar-refractivity contribution is -0.137. The van der Waals surface area contributed by atoms with Gasteiger partial charge < -0.3 is 0 Å². The summed E-state index contributed by atoms with van der Waals surface area (Å²) in [6, 6.07) is 0.705. The van der Waals surface area contributed by atoms with Crippen molar-refractivity contribution in [3.8, 4) is 12.3 Å². The van der Waals surface area contributed by atoms with Crippen LogP contribution in [0.15, 0.2) is 12.3 Å². The Morgan fingerprint density at radius 2 is 2.08 bits per heavy atom.